The lowest BCUT2D eigenvalue weighted by molar-refractivity contribution is 0.219. The van der Waals surface area contributed by atoms with E-state index in [2.05, 4.69) is 10.2 Å². The van der Waals surface area contributed by atoms with Crippen molar-refractivity contribution in [1.82, 2.24) is 10.2 Å². The average molecular weight is 239 g/mol. The fraction of sp³-hybridized carbons (Fsp3) is 0.0909. The highest BCUT2D eigenvalue weighted by molar-refractivity contribution is 6.31. The molecule has 0 radical (unpaired) electrons. The largest absolute Gasteiger partial charge is 0.384 e. The van der Waals surface area contributed by atoms with Crippen molar-refractivity contribution >= 4 is 11.6 Å². The molecule has 16 heavy (non-hydrogen) atoms. The summed E-state index contributed by atoms with van der Waals surface area (Å²) in [5, 5.41) is 17.5. The highest BCUT2D eigenvalue weighted by Crippen LogP contribution is 2.28. The monoisotopic (exact) mass is 238 g/mol. The normalized spacial score (nSPS) is 12.4. The minimum atomic E-state index is -1.00. The number of rotatable bonds is 2. The molecule has 0 aliphatic carbocycles. The number of aromatic nitrogens is 2. The lowest BCUT2D eigenvalue weighted by atomic mass is 10.0. The number of aliphatic hydroxyl groups is 1. The van der Waals surface area contributed by atoms with Gasteiger partial charge in [-0.3, -0.25) is 0 Å². The Bertz CT molecular complexity index is 493. The number of benzene rings is 1. The van der Waals surface area contributed by atoms with Crippen molar-refractivity contribution in [2.75, 3.05) is 0 Å². The Morgan fingerprint density at radius 3 is 2.75 bits per heavy atom. The lowest BCUT2D eigenvalue weighted by Crippen LogP contribution is -2.02. The molecule has 0 saturated carbocycles. The zero-order valence-electron chi connectivity index (χ0n) is 8.14. The zero-order chi connectivity index (χ0) is 11.5. The molecule has 0 fully saturated rings. The van der Waals surface area contributed by atoms with E-state index in [1.807, 2.05) is 0 Å². The van der Waals surface area contributed by atoms with E-state index in [0.717, 1.165) is 0 Å². The second-order valence-electron chi connectivity index (χ2n) is 3.24. The lowest BCUT2D eigenvalue weighted by Gasteiger charge is -2.12. The Labute approximate surface area is 96.5 Å². The molecule has 3 nitrogen and oxygen atoms in total. The highest BCUT2D eigenvalue weighted by atomic mass is 35.5. The summed E-state index contributed by atoms with van der Waals surface area (Å²) in [6.07, 6.45) is 1.86. The fourth-order valence-corrected chi connectivity index (χ4v) is 1.59. The van der Waals surface area contributed by atoms with Crippen molar-refractivity contribution in [2.45, 2.75) is 6.10 Å². The van der Waals surface area contributed by atoms with Gasteiger partial charge < -0.3 is 5.11 Å². The number of halogens is 2. The van der Waals surface area contributed by atoms with E-state index in [0.29, 0.717) is 16.1 Å². The predicted octanol–water partition coefficient (Wildman–Crippen LogP) is 2.35. The molecule has 2 aromatic rings. The Kier molecular flexibility index (Phi) is 3.12. The fourth-order valence-electron chi connectivity index (χ4n) is 1.37. The van der Waals surface area contributed by atoms with Crippen LogP contribution in [0.1, 0.15) is 17.2 Å². The minimum Gasteiger partial charge on any atom is -0.384 e. The summed E-state index contributed by atoms with van der Waals surface area (Å²) in [6.45, 7) is 0. The van der Waals surface area contributed by atoms with E-state index in [-0.39, 0.29) is 0 Å². The van der Waals surface area contributed by atoms with Crippen LogP contribution in [0.4, 0.5) is 4.39 Å². The number of aliphatic hydroxyl groups excluding tert-OH is 1. The van der Waals surface area contributed by atoms with Crippen LogP contribution in [-0.4, -0.2) is 15.3 Å². The maximum Gasteiger partial charge on any atom is 0.123 e. The van der Waals surface area contributed by atoms with E-state index in [1.165, 1.54) is 30.6 Å². The molecule has 0 saturated heterocycles. The van der Waals surface area contributed by atoms with Gasteiger partial charge in [-0.15, -0.1) is 0 Å². The van der Waals surface area contributed by atoms with Crippen LogP contribution in [0.2, 0.25) is 5.02 Å². The maximum atomic E-state index is 13.0. The van der Waals surface area contributed by atoms with Gasteiger partial charge in [-0.2, -0.15) is 10.2 Å². The molecular weight excluding hydrogens is 231 g/mol. The van der Waals surface area contributed by atoms with E-state index in [1.54, 1.807) is 6.07 Å². The van der Waals surface area contributed by atoms with Crippen molar-refractivity contribution < 1.29 is 9.50 Å². The SMILES string of the molecule is OC(c1ccnnc1)c1cc(F)ccc1Cl. The minimum absolute atomic E-state index is 0.311. The van der Waals surface area contributed by atoms with Crippen molar-refractivity contribution in [3.63, 3.8) is 0 Å². The molecule has 1 aromatic carbocycles. The van der Waals surface area contributed by atoms with Gasteiger partial charge in [0.15, 0.2) is 0 Å². The quantitative estimate of drug-likeness (QED) is 0.874. The predicted molar refractivity (Wildman–Crippen MR) is 57.5 cm³/mol. The van der Waals surface area contributed by atoms with Gasteiger partial charge in [0.1, 0.15) is 11.9 Å². The number of hydrogen-bond donors (Lipinski definition) is 1. The van der Waals surface area contributed by atoms with Crippen LogP contribution in [0.25, 0.3) is 0 Å². The smallest absolute Gasteiger partial charge is 0.123 e. The third-order valence-corrected chi connectivity index (χ3v) is 2.52. The van der Waals surface area contributed by atoms with Crippen LogP contribution in [-0.2, 0) is 0 Å². The molecule has 0 aliphatic heterocycles. The Morgan fingerprint density at radius 2 is 2.06 bits per heavy atom. The van der Waals surface area contributed by atoms with Crippen molar-refractivity contribution in [3.8, 4) is 0 Å². The zero-order valence-corrected chi connectivity index (χ0v) is 8.89. The Balaban J connectivity index is 2.41. The molecule has 1 heterocycles. The molecule has 1 aromatic heterocycles. The van der Waals surface area contributed by atoms with Crippen LogP contribution >= 0.6 is 11.6 Å². The molecule has 0 spiro atoms. The van der Waals surface area contributed by atoms with Gasteiger partial charge in [-0.25, -0.2) is 4.39 Å². The molecular formula is C11H8ClFN2O. The number of hydrogen-bond acceptors (Lipinski definition) is 3. The van der Waals surface area contributed by atoms with Crippen LogP contribution < -0.4 is 0 Å². The summed E-state index contributed by atoms with van der Waals surface area (Å²) in [7, 11) is 0. The topological polar surface area (TPSA) is 46.0 Å². The molecule has 1 unspecified atom stereocenters. The summed E-state index contributed by atoms with van der Waals surface area (Å²) in [5.41, 5.74) is 0.831. The van der Waals surface area contributed by atoms with Gasteiger partial charge in [-0.05, 0) is 24.3 Å². The molecule has 82 valence electrons. The van der Waals surface area contributed by atoms with Crippen molar-refractivity contribution in [2.24, 2.45) is 0 Å². The van der Waals surface area contributed by atoms with Gasteiger partial charge in [0.05, 0.1) is 6.20 Å². The third kappa shape index (κ3) is 2.18. The number of nitrogens with zero attached hydrogens (tertiary/aromatic N) is 2. The second kappa shape index (κ2) is 4.55. The van der Waals surface area contributed by atoms with Crippen molar-refractivity contribution in [3.05, 3.63) is 58.6 Å². The molecule has 0 amide bonds. The van der Waals surface area contributed by atoms with Crippen LogP contribution in [0.15, 0.2) is 36.7 Å². The molecule has 0 aliphatic rings. The first-order valence-corrected chi connectivity index (χ1v) is 4.96. The van der Waals surface area contributed by atoms with Gasteiger partial charge >= 0.3 is 0 Å². The third-order valence-electron chi connectivity index (χ3n) is 2.18. The first-order chi connectivity index (χ1) is 7.68. The van der Waals surface area contributed by atoms with Crippen LogP contribution in [0, 0.1) is 5.82 Å². The second-order valence-corrected chi connectivity index (χ2v) is 3.65. The van der Waals surface area contributed by atoms with Crippen LogP contribution in [0.3, 0.4) is 0 Å². The summed E-state index contributed by atoms with van der Waals surface area (Å²) < 4.78 is 13.0. The summed E-state index contributed by atoms with van der Waals surface area (Å²) in [6, 6.07) is 5.44. The molecule has 5 heteroatoms. The van der Waals surface area contributed by atoms with Gasteiger partial charge in [-0.1, -0.05) is 11.6 Å². The summed E-state index contributed by atoms with van der Waals surface area (Å²) >= 11 is 5.88. The van der Waals surface area contributed by atoms with E-state index in [4.69, 9.17) is 11.6 Å². The van der Waals surface area contributed by atoms with Crippen molar-refractivity contribution in [1.29, 1.82) is 0 Å². The Hall–Kier alpha value is -1.52. The Morgan fingerprint density at radius 1 is 1.25 bits per heavy atom. The first kappa shape index (κ1) is 11.0. The van der Waals surface area contributed by atoms with Gasteiger partial charge in [0.25, 0.3) is 0 Å². The molecule has 2 rings (SSSR count). The summed E-state index contributed by atoms with van der Waals surface area (Å²) in [5.74, 6) is -0.444. The van der Waals surface area contributed by atoms with Gasteiger partial charge in [0.2, 0.25) is 0 Å². The average Bonchev–Trinajstić information content (AvgIpc) is 2.32. The van der Waals surface area contributed by atoms with E-state index < -0.39 is 11.9 Å². The molecule has 1 N–H and O–H groups in total. The van der Waals surface area contributed by atoms with Gasteiger partial charge in [0, 0.05) is 22.3 Å². The molecule has 0 bridgehead atoms. The standard InChI is InChI=1S/C11H8ClFN2O/c12-10-2-1-8(13)5-9(10)11(16)7-3-4-14-15-6-7/h1-6,11,16H. The maximum absolute atomic E-state index is 13.0. The van der Waals surface area contributed by atoms with Crippen LogP contribution in [0.5, 0.6) is 0 Å². The van der Waals surface area contributed by atoms with E-state index in [9.17, 15) is 9.50 Å². The summed E-state index contributed by atoms with van der Waals surface area (Å²) in [4.78, 5) is 0. The molecule has 1 atom stereocenters. The van der Waals surface area contributed by atoms with E-state index >= 15 is 0 Å². The highest BCUT2D eigenvalue weighted by Gasteiger charge is 2.14. The first-order valence-electron chi connectivity index (χ1n) is 4.58.